The molecule has 1 aromatic heterocycles. The maximum absolute atomic E-state index is 13.8. The summed E-state index contributed by atoms with van der Waals surface area (Å²) in [5, 5.41) is 12.8. The summed E-state index contributed by atoms with van der Waals surface area (Å²) in [6, 6.07) is 4.90. The summed E-state index contributed by atoms with van der Waals surface area (Å²) in [7, 11) is 1.91. The third kappa shape index (κ3) is 3.04. The van der Waals surface area contributed by atoms with E-state index in [0.717, 1.165) is 24.4 Å². The van der Waals surface area contributed by atoms with Crippen molar-refractivity contribution < 1.29 is 4.39 Å². The normalized spacial score (nSPS) is 10.8. The summed E-state index contributed by atoms with van der Waals surface area (Å²) >= 11 is 7.16. The molecule has 96 valence electrons. The van der Waals surface area contributed by atoms with Gasteiger partial charge in [0.25, 0.3) is 0 Å². The van der Waals surface area contributed by atoms with Crippen molar-refractivity contribution in [3.63, 3.8) is 0 Å². The van der Waals surface area contributed by atoms with Crippen molar-refractivity contribution in [1.82, 2.24) is 15.5 Å². The summed E-state index contributed by atoms with van der Waals surface area (Å²) in [6.45, 7) is 0.931. The highest BCUT2D eigenvalue weighted by Crippen LogP contribution is 2.29. The SMILES string of the molecule is CNCCCc1nnc(-c2cccc(Cl)c2F)s1. The summed E-state index contributed by atoms with van der Waals surface area (Å²) < 4.78 is 13.8. The van der Waals surface area contributed by atoms with Gasteiger partial charge in [-0.1, -0.05) is 29.0 Å². The van der Waals surface area contributed by atoms with Crippen LogP contribution in [-0.2, 0) is 6.42 Å². The Labute approximate surface area is 114 Å². The van der Waals surface area contributed by atoms with Crippen LogP contribution < -0.4 is 5.32 Å². The van der Waals surface area contributed by atoms with Gasteiger partial charge in [-0.3, -0.25) is 0 Å². The molecule has 18 heavy (non-hydrogen) atoms. The predicted octanol–water partition coefficient (Wildman–Crippen LogP) is 3.15. The van der Waals surface area contributed by atoms with Crippen molar-refractivity contribution in [3.05, 3.63) is 34.0 Å². The van der Waals surface area contributed by atoms with E-state index in [-0.39, 0.29) is 5.02 Å². The van der Waals surface area contributed by atoms with E-state index < -0.39 is 5.82 Å². The highest BCUT2D eigenvalue weighted by Gasteiger charge is 2.13. The van der Waals surface area contributed by atoms with Crippen LogP contribution in [0.3, 0.4) is 0 Å². The monoisotopic (exact) mass is 285 g/mol. The molecule has 0 amide bonds. The maximum atomic E-state index is 13.8. The molecule has 2 rings (SSSR count). The van der Waals surface area contributed by atoms with E-state index in [1.54, 1.807) is 12.1 Å². The van der Waals surface area contributed by atoms with Crippen molar-refractivity contribution in [1.29, 1.82) is 0 Å². The molecule has 0 saturated carbocycles. The molecule has 3 nitrogen and oxygen atoms in total. The van der Waals surface area contributed by atoms with Gasteiger partial charge in [0.15, 0.2) is 10.8 Å². The standard InChI is InChI=1S/C12H13ClFN3S/c1-15-7-3-6-10-16-17-12(18-10)8-4-2-5-9(13)11(8)14/h2,4-5,15H,3,6-7H2,1H3. The number of hydrogen-bond acceptors (Lipinski definition) is 4. The zero-order valence-corrected chi connectivity index (χ0v) is 11.5. The van der Waals surface area contributed by atoms with Gasteiger partial charge < -0.3 is 5.32 Å². The van der Waals surface area contributed by atoms with Crippen molar-refractivity contribution in [2.24, 2.45) is 0 Å². The van der Waals surface area contributed by atoms with Crippen LogP contribution in [0.2, 0.25) is 5.02 Å². The second-order valence-corrected chi connectivity index (χ2v) is 5.28. The van der Waals surface area contributed by atoms with Crippen molar-refractivity contribution in [2.75, 3.05) is 13.6 Å². The molecule has 0 aliphatic heterocycles. The van der Waals surface area contributed by atoms with Crippen LogP contribution in [0.5, 0.6) is 0 Å². The van der Waals surface area contributed by atoms with Gasteiger partial charge in [0.1, 0.15) is 5.01 Å². The maximum Gasteiger partial charge on any atom is 0.152 e. The van der Waals surface area contributed by atoms with Crippen LogP contribution in [0.1, 0.15) is 11.4 Å². The first-order valence-corrected chi connectivity index (χ1v) is 6.83. The molecule has 0 aliphatic carbocycles. The topological polar surface area (TPSA) is 37.8 Å². The number of aromatic nitrogens is 2. The molecular weight excluding hydrogens is 273 g/mol. The number of benzene rings is 1. The molecule has 0 fully saturated rings. The number of halogens is 2. The Morgan fingerprint density at radius 3 is 3.00 bits per heavy atom. The lowest BCUT2D eigenvalue weighted by atomic mass is 10.2. The Bertz CT molecular complexity index is 530. The smallest absolute Gasteiger partial charge is 0.152 e. The fourth-order valence-electron chi connectivity index (χ4n) is 1.55. The number of nitrogens with zero attached hydrogens (tertiary/aromatic N) is 2. The van der Waals surface area contributed by atoms with E-state index in [1.165, 1.54) is 17.4 Å². The molecule has 0 aliphatic rings. The molecule has 6 heteroatoms. The lowest BCUT2D eigenvalue weighted by Crippen LogP contribution is -2.08. The first-order chi connectivity index (χ1) is 8.72. The molecule has 0 unspecified atom stereocenters. The number of aryl methyl sites for hydroxylation is 1. The lowest BCUT2D eigenvalue weighted by molar-refractivity contribution is 0.631. The van der Waals surface area contributed by atoms with Gasteiger partial charge >= 0.3 is 0 Å². The molecule has 0 spiro atoms. The van der Waals surface area contributed by atoms with Gasteiger partial charge in [-0.25, -0.2) is 4.39 Å². The first-order valence-electron chi connectivity index (χ1n) is 5.63. The van der Waals surface area contributed by atoms with Gasteiger partial charge in [0, 0.05) is 12.0 Å². The molecule has 1 aromatic carbocycles. The molecule has 1 N–H and O–H groups in total. The molecular formula is C12H13ClFN3S. The summed E-state index contributed by atoms with van der Waals surface area (Å²) in [6.07, 6.45) is 1.84. The van der Waals surface area contributed by atoms with Crippen LogP contribution in [0.25, 0.3) is 10.6 Å². The predicted molar refractivity (Wildman–Crippen MR) is 72.6 cm³/mol. The molecule has 0 atom stereocenters. The Hall–Kier alpha value is -1.04. The van der Waals surface area contributed by atoms with Crippen molar-refractivity contribution in [3.8, 4) is 10.6 Å². The van der Waals surface area contributed by atoms with E-state index in [9.17, 15) is 4.39 Å². The minimum atomic E-state index is -0.433. The Morgan fingerprint density at radius 1 is 1.39 bits per heavy atom. The highest BCUT2D eigenvalue weighted by molar-refractivity contribution is 7.14. The van der Waals surface area contributed by atoms with Crippen LogP contribution in [-0.4, -0.2) is 23.8 Å². The Balaban J connectivity index is 2.16. The van der Waals surface area contributed by atoms with Gasteiger partial charge in [0.2, 0.25) is 0 Å². The fraction of sp³-hybridized carbons (Fsp3) is 0.333. The third-order valence-corrected chi connectivity index (χ3v) is 3.77. The fourth-order valence-corrected chi connectivity index (χ4v) is 2.62. The van der Waals surface area contributed by atoms with Crippen LogP contribution in [0.4, 0.5) is 4.39 Å². The zero-order chi connectivity index (χ0) is 13.0. The molecule has 0 saturated heterocycles. The van der Waals surface area contributed by atoms with Gasteiger partial charge in [0.05, 0.1) is 5.02 Å². The first kappa shape index (κ1) is 13.4. The van der Waals surface area contributed by atoms with Crippen LogP contribution >= 0.6 is 22.9 Å². The van der Waals surface area contributed by atoms with Crippen molar-refractivity contribution >= 4 is 22.9 Å². The summed E-state index contributed by atoms with van der Waals surface area (Å²) in [4.78, 5) is 0. The average molecular weight is 286 g/mol. The van der Waals surface area contributed by atoms with Crippen LogP contribution in [0, 0.1) is 5.82 Å². The van der Waals surface area contributed by atoms with E-state index in [1.807, 2.05) is 7.05 Å². The zero-order valence-electron chi connectivity index (χ0n) is 9.91. The van der Waals surface area contributed by atoms with Gasteiger partial charge in [-0.2, -0.15) is 0 Å². The Morgan fingerprint density at radius 2 is 2.22 bits per heavy atom. The van der Waals surface area contributed by atoms with E-state index >= 15 is 0 Å². The van der Waals surface area contributed by atoms with E-state index in [4.69, 9.17) is 11.6 Å². The summed E-state index contributed by atoms with van der Waals surface area (Å²) in [5.41, 5.74) is 0.417. The van der Waals surface area contributed by atoms with E-state index in [2.05, 4.69) is 15.5 Å². The molecule has 0 radical (unpaired) electrons. The highest BCUT2D eigenvalue weighted by atomic mass is 35.5. The second kappa shape index (κ2) is 6.22. The minimum Gasteiger partial charge on any atom is -0.320 e. The summed E-state index contributed by atoms with van der Waals surface area (Å²) in [5.74, 6) is -0.433. The Kier molecular flexibility index (Phi) is 4.63. The number of rotatable bonds is 5. The average Bonchev–Trinajstić information content (AvgIpc) is 2.82. The van der Waals surface area contributed by atoms with Gasteiger partial charge in [-0.15, -0.1) is 10.2 Å². The lowest BCUT2D eigenvalue weighted by Gasteiger charge is -1.99. The number of nitrogens with one attached hydrogen (secondary N) is 1. The number of hydrogen-bond donors (Lipinski definition) is 1. The van der Waals surface area contributed by atoms with Crippen molar-refractivity contribution in [2.45, 2.75) is 12.8 Å². The molecule has 1 heterocycles. The minimum absolute atomic E-state index is 0.111. The van der Waals surface area contributed by atoms with Crippen LogP contribution in [0.15, 0.2) is 18.2 Å². The third-order valence-electron chi connectivity index (χ3n) is 2.47. The second-order valence-electron chi connectivity index (χ2n) is 3.81. The van der Waals surface area contributed by atoms with Gasteiger partial charge in [-0.05, 0) is 32.1 Å². The van der Waals surface area contributed by atoms with E-state index in [0.29, 0.717) is 10.6 Å². The molecule has 0 bridgehead atoms. The molecule has 2 aromatic rings. The quantitative estimate of drug-likeness (QED) is 0.858. The largest absolute Gasteiger partial charge is 0.320 e.